The maximum atomic E-state index is 3.37. The van der Waals surface area contributed by atoms with E-state index < -0.39 is 0 Å². The van der Waals surface area contributed by atoms with Crippen LogP contribution in [0, 0.1) is 0 Å². The van der Waals surface area contributed by atoms with Gasteiger partial charge in [-0.1, -0.05) is 6.92 Å². The molecule has 0 unspecified atom stereocenters. The molecule has 0 aromatic carbocycles. The Morgan fingerprint density at radius 3 is 3.17 bits per heavy atom. The lowest BCUT2D eigenvalue weighted by Gasteiger charge is -2.11. The molecular weight excluding hydrogens is 150 g/mol. The van der Waals surface area contributed by atoms with E-state index in [1.165, 1.54) is 12.1 Å². The van der Waals surface area contributed by atoms with Gasteiger partial charge in [-0.3, -0.25) is 0 Å². The SMILES string of the molecule is CCCN1C=C(CCNC)NC1. The van der Waals surface area contributed by atoms with E-state index in [2.05, 4.69) is 28.7 Å². The minimum Gasteiger partial charge on any atom is -0.370 e. The predicted octanol–water partition coefficient (Wildman–Crippen LogP) is 0.710. The van der Waals surface area contributed by atoms with Gasteiger partial charge in [0.1, 0.15) is 0 Å². The number of rotatable bonds is 5. The van der Waals surface area contributed by atoms with E-state index in [4.69, 9.17) is 0 Å². The molecule has 0 radical (unpaired) electrons. The Morgan fingerprint density at radius 1 is 1.67 bits per heavy atom. The van der Waals surface area contributed by atoms with Crippen molar-refractivity contribution in [2.75, 3.05) is 26.8 Å². The molecule has 0 bridgehead atoms. The van der Waals surface area contributed by atoms with Gasteiger partial charge in [0.05, 0.1) is 6.67 Å². The molecule has 2 N–H and O–H groups in total. The summed E-state index contributed by atoms with van der Waals surface area (Å²) in [7, 11) is 1.99. The average Bonchev–Trinajstić information content (AvgIpc) is 2.50. The lowest BCUT2D eigenvalue weighted by Crippen LogP contribution is -2.22. The Balaban J connectivity index is 2.22. The second-order valence-electron chi connectivity index (χ2n) is 3.16. The van der Waals surface area contributed by atoms with Crippen molar-refractivity contribution in [3.63, 3.8) is 0 Å². The van der Waals surface area contributed by atoms with E-state index in [0.717, 1.165) is 26.2 Å². The van der Waals surface area contributed by atoms with Crippen molar-refractivity contribution in [3.05, 3.63) is 11.9 Å². The first-order valence-corrected chi connectivity index (χ1v) is 4.70. The van der Waals surface area contributed by atoms with Gasteiger partial charge < -0.3 is 15.5 Å². The van der Waals surface area contributed by atoms with Crippen LogP contribution in [0.25, 0.3) is 0 Å². The van der Waals surface area contributed by atoms with Gasteiger partial charge in [0.2, 0.25) is 0 Å². The minimum absolute atomic E-state index is 0.993. The highest BCUT2D eigenvalue weighted by atomic mass is 15.3. The lowest BCUT2D eigenvalue weighted by molar-refractivity contribution is 0.390. The van der Waals surface area contributed by atoms with Crippen LogP contribution in [0.5, 0.6) is 0 Å². The van der Waals surface area contributed by atoms with E-state index in [-0.39, 0.29) is 0 Å². The van der Waals surface area contributed by atoms with Crippen molar-refractivity contribution >= 4 is 0 Å². The maximum Gasteiger partial charge on any atom is 0.0869 e. The number of nitrogens with zero attached hydrogens (tertiary/aromatic N) is 1. The largest absolute Gasteiger partial charge is 0.370 e. The van der Waals surface area contributed by atoms with Crippen LogP contribution in [0.1, 0.15) is 19.8 Å². The molecule has 0 fully saturated rings. The fourth-order valence-corrected chi connectivity index (χ4v) is 1.36. The van der Waals surface area contributed by atoms with Crippen LogP contribution in [-0.2, 0) is 0 Å². The van der Waals surface area contributed by atoms with Crippen LogP contribution in [0.2, 0.25) is 0 Å². The van der Waals surface area contributed by atoms with E-state index in [0.29, 0.717) is 0 Å². The van der Waals surface area contributed by atoms with E-state index in [1.54, 1.807) is 0 Å². The molecule has 0 aliphatic carbocycles. The molecule has 0 amide bonds. The Labute approximate surface area is 74.8 Å². The zero-order valence-corrected chi connectivity index (χ0v) is 8.06. The molecule has 0 spiro atoms. The van der Waals surface area contributed by atoms with Crippen LogP contribution in [0.15, 0.2) is 11.9 Å². The molecule has 0 aromatic heterocycles. The Kier molecular flexibility index (Phi) is 3.94. The van der Waals surface area contributed by atoms with Gasteiger partial charge >= 0.3 is 0 Å². The summed E-state index contributed by atoms with van der Waals surface area (Å²) in [6, 6.07) is 0. The highest BCUT2D eigenvalue weighted by Gasteiger charge is 2.08. The standard InChI is InChI=1S/C9H19N3/c1-3-6-12-7-9(11-8-12)4-5-10-2/h7,10-11H,3-6,8H2,1-2H3. The average molecular weight is 169 g/mol. The second-order valence-corrected chi connectivity index (χ2v) is 3.16. The third-order valence-corrected chi connectivity index (χ3v) is 2.00. The summed E-state index contributed by atoms with van der Waals surface area (Å²) in [4.78, 5) is 2.32. The predicted molar refractivity (Wildman–Crippen MR) is 51.6 cm³/mol. The first-order chi connectivity index (χ1) is 5.86. The molecule has 0 aromatic rings. The minimum atomic E-state index is 0.993. The van der Waals surface area contributed by atoms with Gasteiger partial charge in [0.25, 0.3) is 0 Å². The first-order valence-electron chi connectivity index (χ1n) is 4.70. The van der Waals surface area contributed by atoms with Crippen LogP contribution in [0.3, 0.4) is 0 Å². The molecule has 0 saturated carbocycles. The van der Waals surface area contributed by atoms with Crippen LogP contribution in [0.4, 0.5) is 0 Å². The third-order valence-electron chi connectivity index (χ3n) is 2.00. The smallest absolute Gasteiger partial charge is 0.0869 e. The Morgan fingerprint density at radius 2 is 2.50 bits per heavy atom. The maximum absolute atomic E-state index is 3.37. The van der Waals surface area contributed by atoms with Gasteiger partial charge in [0.15, 0.2) is 0 Å². The Hall–Kier alpha value is -0.700. The van der Waals surface area contributed by atoms with Gasteiger partial charge in [-0.2, -0.15) is 0 Å². The van der Waals surface area contributed by atoms with Gasteiger partial charge in [0, 0.05) is 31.4 Å². The van der Waals surface area contributed by atoms with E-state index in [9.17, 15) is 0 Å². The molecule has 1 heterocycles. The van der Waals surface area contributed by atoms with Gasteiger partial charge in [-0.05, 0) is 13.5 Å². The molecule has 3 nitrogen and oxygen atoms in total. The third kappa shape index (κ3) is 2.74. The topological polar surface area (TPSA) is 27.3 Å². The first kappa shape index (κ1) is 9.39. The molecule has 1 rings (SSSR count). The van der Waals surface area contributed by atoms with Crippen LogP contribution >= 0.6 is 0 Å². The van der Waals surface area contributed by atoms with Gasteiger partial charge in [-0.15, -0.1) is 0 Å². The highest BCUT2D eigenvalue weighted by molar-refractivity contribution is 5.04. The van der Waals surface area contributed by atoms with Crippen molar-refractivity contribution in [1.29, 1.82) is 0 Å². The molecule has 12 heavy (non-hydrogen) atoms. The summed E-state index contributed by atoms with van der Waals surface area (Å²) >= 11 is 0. The fourth-order valence-electron chi connectivity index (χ4n) is 1.36. The zero-order valence-electron chi connectivity index (χ0n) is 8.06. The summed E-state index contributed by atoms with van der Waals surface area (Å²) in [6.45, 7) is 5.42. The fraction of sp³-hybridized carbons (Fsp3) is 0.778. The molecule has 0 atom stereocenters. The molecule has 0 saturated heterocycles. The van der Waals surface area contributed by atoms with Crippen molar-refractivity contribution in [1.82, 2.24) is 15.5 Å². The second kappa shape index (κ2) is 5.04. The summed E-state index contributed by atoms with van der Waals surface area (Å²) in [5.74, 6) is 0. The van der Waals surface area contributed by atoms with E-state index in [1.807, 2.05) is 7.05 Å². The van der Waals surface area contributed by atoms with E-state index >= 15 is 0 Å². The number of nitrogens with one attached hydrogen (secondary N) is 2. The lowest BCUT2D eigenvalue weighted by atomic mass is 10.3. The summed E-state index contributed by atoms with van der Waals surface area (Å²) in [6.07, 6.45) is 4.56. The molecule has 70 valence electrons. The van der Waals surface area contributed by atoms with Crippen molar-refractivity contribution in [2.24, 2.45) is 0 Å². The summed E-state index contributed by atoms with van der Waals surface area (Å²) < 4.78 is 0. The monoisotopic (exact) mass is 169 g/mol. The molecule has 1 aliphatic rings. The van der Waals surface area contributed by atoms with Crippen molar-refractivity contribution in [2.45, 2.75) is 19.8 Å². The summed E-state index contributed by atoms with van der Waals surface area (Å²) in [5.41, 5.74) is 1.36. The van der Waals surface area contributed by atoms with Crippen LogP contribution < -0.4 is 10.6 Å². The van der Waals surface area contributed by atoms with Crippen molar-refractivity contribution < 1.29 is 0 Å². The number of hydrogen-bond donors (Lipinski definition) is 2. The zero-order chi connectivity index (χ0) is 8.81. The summed E-state index contributed by atoms with van der Waals surface area (Å²) in [5, 5.41) is 6.52. The van der Waals surface area contributed by atoms with Crippen molar-refractivity contribution in [3.8, 4) is 0 Å². The molecular formula is C9H19N3. The normalized spacial score (nSPS) is 16.2. The highest BCUT2D eigenvalue weighted by Crippen LogP contribution is 2.06. The number of hydrogen-bond acceptors (Lipinski definition) is 3. The van der Waals surface area contributed by atoms with Gasteiger partial charge in [-0.25, -0.2) is 0 Å². The van der Waals surface area contributed by atoms with Crippen LogP contribution in [-0.4, -0.2) is 31.7 Å². The Bertz CT molecular complexity index is 154. The quantitative estimate of drug-likeness (QED) is 0.634. The molecule has 1 aliphatic heterocycles. The molecule has 3 heteroatoms.